The highest BCUT2D eigenvalue weighted by Gasteiger charge is 2.33. The lowest BCUT2D eigenvalue weighted by Crippen LogP contribution is -2.36. The Morgan fingerprint density at radius 2 is 1.11 bits per heavy atom. The molecule has 8 nitrogen and oxygen atoms in total. The first-order valence-corrected chi connectivity index (χ1v) is 5.73. The molecule has 8 heteroatoms. The highest BCUT2D eigenvalue weighted by molar-refractivity contribution is 5.80. The highest BCUT2D eigenvalue weighted by Crippen LogP contribution is 2.31. The van der Waals surface area contributed by atoms with Crippen LogP contribution >= 0.6 is 0 Å². The van der Waals surface area contributed by atoms with Crippen molar-refractivity contribution in [2.24, 2.45) is 22.4 Å². The number of nitroso groups, excluding NO2 is 2. The molecule has 18 heavy (non-hydrogen) atoms. The highest BCUT2D eigenvalue weighted by atomic mass is 16.3. The summed E-state index contributed by atoms with van der Waals surface area (Å²) in [6.07, 6.45) is 2.06. The summed E-state index contributed by atoms with van der Waals surface area (Å²) in [7, 11) is 2.63. The molecule has 0 spiro atoms. The van der Waals surface area contributed by atoms with E-state index in [1.54, 1.807) is 0 Å². The molecular weight excluding hydrogens is 240 g/mol. The van der Waals surface area contributed by atoms with Crippen molar-refractivity contribution >= 4 is 11.8 Å². The number of amides is 2. The second-order valence-electron chi connectivity index (χ2n) is 4.44. The van der Waals surface area contributed by atoms with E-state index in [4.69, 9.17) is 0 Å². The van der Waals surface area contributed by atoms with Crippen LogP contribution in [0.3, 0.4) is 0 Å². The van der Waals surface area contributed by atoms with Crippen LogP contribution in [0.25, 0.3) is 0 Å². The van der Waals surface area contributed by atoms with Crippen molar-refractivity contribution in [3.63, 3.8) is 0 Å². The third-order valence-corrected chi connectivity index (χ3v) is 3.31. The van der Waals surface area contributed by atoms with Gasteiger partial charge in [0.2, 0.25) is 11.8 Å². The Balaban J connectivity index is 2.51. The van der Waals surface area contributed by atoms with Gasteiger partial charge in [0.15, 0.2) is 0 Å². The summed E-state index contributed by atoms with van der Waals surface area (Å²) in [6, 6.07) is 0. The van der Waals surface area contributed by atoms with Gasteiger partial charge in [0.25, 0.3) is 0 Å². The smallest absolute Gasteiger partial charge is 0.248 e. The molecule has 1 saturated carbocycles. The fourth-order valence-corrected chi connectivity index (χ4v) is 2.20. The van der Waals surface area contributed by atoms with Gasteiger partial charge in [-0.1, -0.05) is 0 Å². The van der Waals surface area contributed by atoms with Crippen LogP contribution in [-0.4, -0.2) is 35.9 Å². The topological polar surface area (TPSA) is 99.5 Å². The SMILES string of the molecule is CN(N=O)C(=O)C1CCC(C(=O)N(C)N=O)CC1. The molecule has 1 aliphatic rings. The van der Waals surface area contributed by atoms with E-state index in [1.165, 1.54) is 14.1 Å². The molecule has 0 bridgehead atoms. The van der Waals surface area contributed by atoms with Gasteiger partial charge in [-0.15, -0.1) is 9.81 Å². The molecule has 0 radical (unpaired) electrons. The zero-order valence-corrected chi connectivity index (χ0v) is 10.4. The van der Waals surface area contributed by atoms with Gasteiger partial charge >= 0.3 is 0 Å². The zero-order chi connectivity index (χ0) is 13.7. The van der Waals surface area contributed by atoms with E-state index < -0.39 is 0 Å². The van der Waals surface area contributed by atoms with Crippen LogP contribution in [0, 0.1) is 21.6 Å². The lowest BCUT2D eigenvalue weighted by Gasteiger charge is -2.28. The van der Waals surface area contributed by atoms with Crippen LogP contribution in [0.2, 0.25) is 0 Å². The molecule has 100 valence electrons. The van der Waals surface area contributed by atoms with Crippen molar-refractivity contribution in [3.05, 3.63) is 9.81 Å². The van der Waals surface area contributed by atoms with Crippen molar-refractivity contribution in [1.29, 1.82) is 0 Å². The number of hydrogen-bond acceptors (Lipinski definition) is 6. The van der Waals surface area contributed by atoms with Gasteiger partial charge in [-0.3, -0.25) is 9.59 Å². The van der Waals surface area contributed by atoms with Crippen molar-refractivity contribution in [1.82, 2.24) is 10.0 Å². The third kappa shape index (κ3) is 3.08. The van der Waals surface area contributed by atoms with Crippen molar-refractivity contribution < 1.29 is 9.59 Å². The molecule has 1 aliphatic carbocycles. The molecule has 1 fully saturated rings. The molecular formula is C10H16N4O4. The van der Waals surface area contributed by atoms with E-state index in [0.717, 1.165) is 10.0 Å². The minimum absolute atomic E-state index is 0.272. The number of carbonyl (C=O) groups is 2. The average molecular weight is 256 g/mol. The van der Waals surface area contributed by atoms with E-state index in [1.807, 2.05) is 0 Å². The number of carbonyl (C=O) groups excluding carboxylic acids is 2. The quantitative estimate of drug-likeness (QED) is 0.554. The van der Waals surface area contributed by atoms with Crippen molar-refractivity contribution in [2.75, 3.05) is 14.1 Å². The maximum atomic E-state index is 11.7. The van der Waals surface area contributed by atoms with Crippen molar-refractivity contribution in [2.45, 2.75) is 25.7 Å². The lowest BCUT2D eigenvalue weighted by molar-refractivity contribution is -0.140. The molecule has 0 saturated heterocycles. The summed E-state index contributed by atoms with van der Waals surface area (Å²) >= 11 is 0. The Morgan fingerprint density at radius 3 is 1.33 bits per heavy atom. The van der Waals surface area contributed by atoms with Gasteiger partial charge in [0.1, 0.15) is 0 Å². The predicted octanol–water partition coefficient (Wildman–Crippen LogP) is 1.07. The molecule has 0 aromatic rings. The predicted molar refractivity (Wildman–Crippen MR) is 62.6 cm³/mol. The van der Waals surface area contributed by atoms with Crippen LogP contribution in [0.4, 0.5) is 0 Å². The number of hydrogen-bond donors (Lipinski definition) is 0. The molecule has 0 unspecified atom stereocenters. The van der Waals surface area contributed by atoms with Crippen molar-refractivity contribution in [3.8, 4) is 0 Å². The summed E-state index contributed by atoms with van der Waals surface area (Å²) in [5.41, 5.74) is 0. The Hall–Kier alpha value is -1.86. The molecule has 0 N–H and O–H groups in total. The van der Waals surface area contributed by atoms with Crippen LogP contribution in [0.15, 0.2) is 10.6 Å². The summed E-state index contributed by atoms with van der Waals surface area (Å²) in [6.45, 7) is 0. The largest absolute Gasteiger partial charge is 0.273 e. The van der Waals surface area contributed by atoms with E-state index in [-0.39, 0.29) is 23.7 Å². The number of rotatable bonds is 4. The molecule has 2 amide bonds. The molecule has 0 aliphatic heterocycles. The molecule has 0 heterocycles. The fraction of sp³-hybridized carbons (Fsp3) is 0.800. The minimum atomic E-state index is -0.322. The van der Waals surface area contributed by atoms with Gasteiger partial charge in [-0.2, -0.15) is 10.0 Å². The second-order valence-corrected chi connectivity index (χ2v) is 4.44. The molecule has 1 rings (SSSR count). The van der Waals surface area contributed by atoms with E-state index in [2.05, 4.69) is 10.6 Å². The molecule has 0 aromatic heterocycles. The van der Waals surface area contributed by atoms with Gasteiger partial charge in [-0.25, -0.2) is 0 Å². The van der Waals surface area contributed by atoms with Crippen LogP contribution in [-0.2, 0) is 9.59 Å². The number of nitrogens with zero attached hydrogens (tertiary/aromatic N) is 4. The van der Waals surface area contributed by atoms with E-state index in [9.17, 15) is 19.4 Å². The zero-order valence-electron chi connectivity index (χ0n) is 10.4. The second kappa shape index (κ2) is 6.18. The Labute approximate surface area is 104 Å². The Kier molecular flexibility index (Phi) is 4.87. The standard InChI is InChI=1S/C10H16N4O4/c1-13(11-17)9(15)7-3-5-8(6-4-7)10(16)14(2)12-18/h7-8H,3-6H2,1-2H3. The maximum absolute atomic E-state index is 11.7. The monoisotopic (exact) mass is 256 g/mol. The maximum Gasteiger partial charge on any atom is 0.248 e. The van der Waals surface area contributed by atoms with E-state index >= 15 is 0 Å². The third-order valence-electron chi connectivity index (χ3n) is 3.31. The van der Waals surface area contributed by atoms with Crippen LogP contribution in [0.1, 0.15) is 25.7 Å². The normalized spacial score (nSPS) is 23.0. The first kappa shape index (κ1) is 14.2. The van der Waals surface area contributed by atoms with Gasteiger partial charge in [-0.05, 0) is 25.7 Å². The first-order chi connectivity index (χ1) is 8.51. The summed E-state index contributed by atoms with van der Waals surface area (Å²) in [5, 5.41) is 6.69. The van der Waals surface area contributed by atoms with E-state index in [0.29, 0.717) is 25.7 Å². The Bertz CT molecular complexity index is 318. The van der Waals surface area contributed by atoms with Crippen LogP contribution in [0.5, 0.6) is 0 Å². The van der Waals surface area contributed by atoms with Gasteiger partial charge in [0, 0.05) is 25.9 Å². The Morgan fingerprint density at radius 1 is 0.833 bits per heavy atom. The minimum Gasteiger partial charge on any atom is -0.273 e. The molecule has 0 aromatic carbocycles. The lowest BCUT2D eigenvalue weighted by atomic mass is 9.81. The molecule has 0 atom stereocenters. The first-order valence-electron chi connectivity index (χ1n) is 5.73. The van der Waals surface area contributed by atoms with Crippen LogP contribution < -0.4 is 0 Å². The average Bonchev–Trinajstić information content (AvgIpc) is 2.44. The van der Waals surface area contributed by atoms with Gasteiger partial charge in [0.05, 0.1) is 10.6 Å². The summed E-state index contributed by atoms with van der Waals surface area (Å²) in [5.74, 6) is -1.19. The van der Waals surface area contributed by atoms with Gasteiger partial charge < -0.3 is 0 Å². The summed E-state index contributed by atoms with van der Waals surface area (Å²) in [4.78, 5) is 43.8. The summed E-state index contributed by atoms with van der Waals surface area (Å²) < 4.78 is 0. The fourth-order valence-electron chi connectivity index (χ4n) is 2.20.